The first-order valence-electron chi connectivity index (χ1n) is 8.17. The van der Waals surface area contributed by atoms with Crippen LogP contribution in [0.25, 0.3) is 0 Å². The van der Waals surface area contributed by atoms with E-state index in [1.807, 2.05) is 11.7 Å². The minimum Gasteiger partial charge on any atom is -0.357 e. The first-order chi connectivity index (χ1) is 11.4. The van der Waals surface area contributed by atoms with E-state index in [1.54, 1.807) is 11.3 Å². The average molecular weight is 412 g/mol. The van der Waals surface area contributed by atoms with Gasteiger partial charge in [0.1, 0.15) is 0 Å². The van der Waals surface area contributed by atoms with Gasteiger partial charge in [-0.25, -0.2) is 4.99 Å². The smallest absolute Gasteiger partial charge is 0.191 e. The lowest BCUT2D eigenvalue weighted by atomic mass is 10.1. The summed E-state index contributed by atoms with van der Waals surface area (Å²) in [5.41, 5.74) is 3.65. The quantitative estimate of drug-likeness (QED) is 0.564. The predicted octanol–water partition coefficient (Wildman–Crippen LogP) is 3.55. The second-order valence-corrected chi connectivity index (χ2v) is 7.86. The molecule has 0 saturated heterocycles. The van der Waals surface area contributed by atoms with E-state index in [0.717, 1.165) is 29.1 Å². The maximum atomic E-state index is 4.69. The van der Waals surface area contributed by atoms with Crippen molar-refractivity contribution in [1.29, 1.82) is 0 Å². The first-order valence-corrected chi connectivity index (χ1v) is 9.84. The molecule has 1 atom stereocenters. The van der Waals surface area contributed by atoms with Gasteiger partial charge in [0.05, 0.1) is 12.2 Å². The van der Waals surface area contributed by atoms with Crippen molar-refractivity contribution in [3.05, 3.63) is 37.7 Å². The van der Waals surface area contributed by atoms with Crippen molar-refractivity contribution in [2.45, 2.75) is 46.7 Å². The Morgan fingerprint density at radius 1 is 1.46 bits per heavy atom. The number of halogens is 1. The van der Waals surface area contributed by atoms with Gasteiger partial charge in [0.2, 0.25) is 0 Å². The molecule has 0 radical (unpaired) electrons. The summed E-state index contributed by atoms with van der Waals surface area (Å²) in [6.07, 6.45) is 0.931. The number of guanidine groups is 1. The number of aliphatic imine (C=N–C) groups is 1. The third kappa shape index (κ3) is 5.08. The van der Waals surface area contributed by atoms with Crippen molar-refractivity contribution >= 4 is 33.2 Å². The molecule has 0 aliphatic rings. The Morgan fingerprint density at radius 3 is 2.75 bits per heavy atom. The van der Waals surface area contributed by atoms with Gasteiger partial charge >= 0.3 is 0 Å². The zero-order chi connectivity index (χ0) is 17.7. The Morgan fingerprint density at radius 2 is 2.21 bits per heavy atom. The Kier molecular flexibility index (Phi) is 6.86. The van der Waals surface area contributed by atoms with Crippen LogP contribution in [0.4, 0.5) is 0 Å². The van der Waals surface area contributed by atoms with Crippen LogP contribution in [0, 0.1) is 13.8 Å². The van der Waals surface area contributed by atoms with Gasteiger partial charge in [-0.1, -0.05) is 0 Å². The normalized spacial score (nSPS) is 13.2. The van der Waals surface area contributed by atoms with E-state index in [-0.39, 0.29) is 6.04 Å². The largest absolute Gasteiger partial charge is 0.357 e. The number of nitrogens with zero attached hydrogens (tertiary/aromatic N) is 3. The van der Waals surface area contributed by atoms with Crippen LogP contribution in [0.15, 0.2) is 20.9 Å². The zero-order valence-corrected chi connectivity index (χ0v) is 17.4. The summed E-state index contributed by atoms with van der Waals surface area (Å²) < 4.78 is 3.07. The van der Waals surface area contributed by atoms with E-state index in [9.17, 15) is 0 Å². The van der Waals surface area contributed by atoms with Crippen molar-refractivity contribution in [2.24, 2.45) is 12.0 Å². The number of nitrogens with one attached hydrogen (secondary N) is 2. The summed E-state index contributed by atoms with van der Waals surface area (Å²) in [7, 11) is 1.99. The molecular weight excluding hydrogens is 386 g/mol. The minimum absolute atomic E-state index is 0.277. The molecule has 0 spiro atoms. The molecule has 2 heterocycles. The van der Waals surface area contributed by atoms with Crippen LogP contribution in [0.3, 0.4) is 0 Å². The number of aryl methyl sites for hydroxylation is 2. The number of aromatic nitrogens is 2. The van der Waals surface area contributed by atoms with E-state index in [0.29, 0.717) is 6.54 Å². The molecular formula is C17H26BrN5S. The van der Waals surface area contributed by atoms with Crippen molar-refractivity contribution in [3.63, 3.8) is 0 Å². The summed E-state index contributed by atoms with van der Waals surface area (Å²) >= 11 is 5.20. The van der Waals surface area contributed by atoms with Crippen LogP contribution < -0.4 is 10.6 Å². The highest BCUT2D eigenvalue weighted by molar-refractivity contribution is 9.10. The second-order valence-electron chi connectivity index (χ2n) is 5.95. The van der Waals surface area contributed by atoms with Gasteiger partial charge in [-0.15, -0.1) is 11.3 Å². The van der Waals surface area contributed by atoms with E-state index < -0.39 is 0 Å². The van der Waals surface area contributed by atoms with Gasteiger partial charge in [-0.05, 0) is 61.7 Å². The maximum absolute atomic E-state index is 4.69. The van der Waals surface area contributed by atoms with Crippen molar-refractivity contribution in [3.8, 4) is 0 Å². The van der Waals surface area contributed by atoms with Crippen LogP contribution in [0.1, 0.15) is 35.7 Å². The molecule has 0 aromatic carbocycles. The third-order valence-electron chi connectivity index (χ3n) is 3.91. The third-order valence-corrected chi connectivity index (χ3v) is 5.59. The molecule has 0 saturated carbocycles. The van der Waals surface area contributed by atoms with Gasteiger partial charge in [0.25, 0.3) is 0 Å². The molecule has 1 unspecified atom stereocenters. The van der Waals surface area contributed by atoms with E-state index in [4.69, 9.17) is 4.99 Å². The number of hydrogen-bond donors (Lipinski definition) is 2. The number of thiophene rings is 1. The zero-order valence-electron chi connectivity index (χ0n) is 15.0. The maximum Gasteiger partial charge on any atom is 0.191 e. The van der Waals surface area contributed by atoms with Gasteiger partial charge < -0.3 is 10.6 Å². The SMILES string of the molecule is CCNC(=NCc1cc(Br)cs1)NC(C)Cc1c(C)nn(C)c1C. The first kappa shape index (κ1) is 19.0. The van der Waals surface area contributed by atoms with E-state index in [2.05, 4.69) is 70.8 Å². The fourth-order valence-corrected chi connectivity index (χ4v) is 3.99. The summed E-state index contributed by atoms with van der Waals surface area (Å²) in [6, 6.07) is 2.39. The molecule has 2 aromatic heterocycles. The summed E-state index contributed by atoms with van der Waals surface area (Å²) in [6.45, 7) is 9.99. The van der Waals surface area contributed by atoms with E-state index in [1.165, 1.54) is 16.1 Å². The van der Waals surface area contributed by atoms with Crippen molar-refractivity contribution < 1.29 is 0 Å². The van der Waals surface area contributed by atoms with Gasteiger partial charge in [0.15, 0.2) is 5.96 Å². The summed E-state index contributed by atoms with van der Waals surface area (Å²) in [5.74, 6) is 0.855. The van der Waals surface area contributed by atoms with Crippen LogP contribution in [0.5, 0.6) is 0 Å². The monoisotopic (exact) mass is 411 g/mol. The molecule has 5 nitrogen and oxygen atoms in total. The molecule has 0 aliphatic heterocycles. The number of rotatable bonds is 6. The molecule has 0 bridgehead atoms. The predicted molar refractivity (Wildman–Crippen MR) is 106 cm³/mol. The topological polar surface area (TPSA) is 54.2 Å². The Bertz CT molecular complexity index is 704. The van der Waals surface area contributed by atoms with Crippen molar-refractivity contribution in [1.82, 2.24) is 20.4 Å². The molecule has 2 aromatic rings. The van der Waals surface area contributed by atoms with Gasteiger partial charge in [-0.3, -0.25) is 4.68 Å². The van der Waals surface area contributed by atoms with Crippen LogP contribution >= 0.6 is 27.3 Å². The second kappa shape index (κ2) is 8.67. The molecule has 2 N–H and O–H groups in total. The minimum atomic E-state index is 0.277. The van der Waals surface area contributed by atoms with Gasteiger partial charge in [0, 0.05) is 40.1 Å². The van der Waals surface area contributed by atoms with E-state index >= 15 is 0 Å². The van der Waals surface area contributed by atoms with Crippen LogP contribution in [0.2, 0.25) is 0 Å². The highest BCUT2D eigenvalue weighted by Gasteiger charge is 2.14. The van der Waals surface area contributed by atoms with Gasteiger partial charge in [-0.2, -0.15) is 5.10 Å². The molecule has 0 aliphatic carbocycles. The molecule has 132 valence electrons. The van der Waals surface area contributed by atoms with Crippen LogP contribution in [-0.4, -0.2) is 28.3 Å². The fourth-order valence-electron chi connectivity index (χ4n) is 2.62. The molecule has 0 fully saturated rings. The molecule has 7 heteroatoms. The highest BCUT2D eigenvalue weighted by Crippen LogP contribution is 2.20. The lowest BCUT2D eigenvalue weighted by molar-refractivity contribution is 0.636. The molecule has 2 rings (SSSR count). The Hall–Kier alpha value is -1.34. The Balaban J connectivity index is 2.00. The molecule has 0 amide bonds. The highest BCUT2D eigenvalue weighted by atomic mass is 79.9. The summed E-state index contributed by atoms with van der Waals surface area (Å²) in [5, 5.41) is 13.4. The van der Waals surface area contributed by atoms with Crippen LogP contribution in [-0.2, 0) is 20.0 Å². The number of hydrogen-bond acceptors (Lipinski definition) is 3. The Labute approximate surface area is 156 Å². The molecule has 24 heavy (non-hydrogen) atoms. The lowest BCUT2D eigenvalue weighted by Crippen LogP contribution is -2.43. The lowest BCUT2D eigenvalue weighted by Gasteiger charge is -2.18. The summed E-state index contributed by atoms with van der Waals surface area (Å²) in [4.78, 5) is 5.93. The average Bonchev–Trinajstić information content (AvgIpc) is 3.04. The van der Waals surface area contributed by atoms with Crippen molar-refractivity contribution in [2.75, 3.05) is 6.54 Å². The fraction of sp³-hybridized carbons (Fsp3) is 0.529. The standard InChI is InChI=1S/C17H26BrN5S/c1-6-19-17(20-9-15-8-14(18)10-24-15)21-11(2)7-16-12(3)22-23(5)13(16)4/h8,10-11H,6-7,9H2,1-5H3,(H2,19,20,21).